The molecular formula is C12H24N4O6. The van der Waals surface area contributed by atoms with Crippen LogP contribution >= 0.6 is 0 Å². The fraction of sp³-hybridized carbons (Fsp3) is 0.750. The van der Waals surface area contributed by atoms with E-state index in [-0.39, 0.29) is 25.5 Å². The Morgan fingerprint density at radius 3 is 1.95 bits per heavy atom. The molecular weight excluding hydrogens is 296 g/mol. The topological polar surface area (TPSA) is 154 Å². The zero-order valence-electron chi connectivity index (χ0n) is 12.9. The van der Waals surface area contributed by atoms with Crippen molar-refractivity contribution < 1.29 is 24.6 Å². The zero-order chi connectivity index (χ0) is 17.5. The van der Waals surface area contributed by atoms with Gasteiger partial charge in [-0.3, -0.25) is 24.2 Å². The highest BCUT2D eigenvalue weighted by Crippen LogP contribution is 1.94. The van der Waals surface area contributed by atoms with Crippen molar-refractivity contribution >= 4 is 17.8 Å². The minimum Gasteiger partial charge on any atom is -0.480 e. The lowest BCUT2D eigenvalue weighted by atomic mass is 10.3. The normalized spacial score (nSPS) is 10.0. The van der Waals surface area contributed by atoms with Crippen LogP contribution in [0, 0.1) is 4.91 Å². The number of aliphatic carboxylic acids is 2. The number of carbonyl (C=O) groups excluding carboxylic acids is 1. The number of nitroso groups, excluding NO2 is 1. The van der Waals surface area contributed by atoms with Gasteiger partial charge in [0.05, 0.1) is 19.6 Å². The van der Waals surface area contributed by atoms with E-state index >= 15 is 0 Å². The number of amides is 1. The molecule has 22 heavy (non-hydrogen) atoms. The lowest BCUT2D eigenvalue weighted by molar-refractivity contribution is -0.140. The number of carbonyl (C=O) groups is 3. The van der Waals surface area contributed by atoms with Gasteiger partial charge in [0.15, 0.2) is 0 Å². The molecule has 0 bridgehead atoms. The molecule has 0 heterocycles. The molecule has 0 aliphatic carbocycles. The van der Waals surface area contributed by atoms with Crippen LogP contribution in [0.1, 0.15) is 13.3 Å². The maximum Gasteiger partial charge on any atom is 0.317 e. The summed E-state index contributed by atoms with van der Waals surface area (Å²) in [6, 6.07) is 0. The predicted molar refractivity (Wildman–Crippen MR) is 79.4 cm³/mol. The highest BCUT2D eigenvalue weighted by atomic mass is 16.4. The highest BCUT2D eigenvalue weighted by Gasteiger charge is 2.11. The monoisotopic (exact) mass is 320 g/mol. The van der Waals surface area contributed by atoms with Crippen LogP contribution in [0.2, 0.25) is 0 Å². The Bertz CT molecular complexity index is 360. The zero-order valence-corrected chi connectivity index (χ0v) is 12.9. The Morgan fingerprint density at radius 1 is 1.05 bits per heavy atom. The summed E-state index contributed by atoms with van der Waals surface area (Å²) in [5.74, 6) is -2.21. The van der Waals surface area contributed by atoms with Crippen LogP contribution in [-0.2, 0) is 14.4 Å². The van der Waals surface area contributed by atoms with E-state index in [0.29, 0.717) is 26.1 Å². The van der Waals surface area contributed by atoms with Gasteiger partial charge in [-0.25, -0.2) is 0 Å². The molecule has 0 rings (SSSR count). The molecule has 10 heteroatoms. The Morgan fingerprint density at radius 2 is 1.55 bits per heavy atom. The van der Waals surface area contributed by atoms with Gasteiger partial charge in [0.2, 0.25) is 5.91 Å². The van der Waals surface area contributed by atoms with E-state index in [2.05, 4.69) is 10.9 Å². The molecule has 0 atom stereocenters. The van der Waals surface area contributed by atoms with Crippen molar-refractivity contribution in [3.05, 3.63) is 4.91 Å². The number of rotatable bonds is 11. The number of nitrogens with two attached hydrogens (primary N) is 1. The van der Waals surface area contributed by atoms with Gasteiger partial charge in [-0.2, -0.15) is 4.91 Å². The molecule has 0 aromatic carbocycles. The molecule has 0 aromatic heterocycles. The van der Waals surface area contributed by atoms with Gasteiger partial charge in [-0.15, -0.1) is 0 Å². The van der Waals surface area contributed by atoms with Crippen molar-refractivity contribution in [2.45, 2.75) is 13.3 Å². The second-order valence-corrected chi connectivity index (χ2v) is 4.62. The van der Waals surface area contributed by atoms with Crippen LogP contribution in [0.4, 0.5) is 0 Å². The number of primary amides is 1. The molecule has 0 radical (unpaired) electrons. The Balaban J connectivity index is 0. The van der Waals surface area contributed by atoms with E-state index in [1.54, 1.807) is 16.8 Å². The Labute approximate surface area is 128 Å². The minimum absolute atomic E-state index is 0.0865. The van der Waals surface area contributed by atoms with Gasteiger partial charge in [-0.05, 0) is 13.5 Å². The van der Waals surface area contributed by atoms with Crippen molar-refractivity contribution in [2.24, 2.45) is 10.9 Å². The summed E-state index contributed by atoms with van der Waals surface area (Å²) >= 11 is 0. The average molecular weight is 320 g/mol. The largest absolute Gasteiger partial charge is 0.480 e. The summed E-state index contributed by atoms with van der Waals surface area (Å²) < 4.78 is 0. The molecule has 0 aliphatic rings. The molecule has 4 N–H and O–H groups in total. The van der Waals surface area contributed by atoms with Crippen molar-refractivity contribution in [2.75, 3.05) is 46.3 Å². The molecule has 0 saturated heterocycles. The lowest BCUT2D eigenvalue weighted by Crippen LogP contribution is -2.38. The van der Waals surface area contributed by atoms with E-state index in [9.17, 15) is 19.3 Å². The third-order valence-electron chi connectivity index (χ3n) is 2.29. The van der Waals surface area contributed by atoms with E-state index < -0.39 is 11.9 Å². The van der Waals surface area contributed by atoms with Gasteiger partial charge in [0.25, 0.3) is 0 Å². The third kappa shape index (κ3) is 20.3. The number of nitrogens with zero attached hydrogens (tertiary/aromatic N) is 3. The first-order valence-corrected chi connectivity index (χ1v) is 6.58. The summed E-state index contributed by atoms with van der Waals surface area (Å²) in [6.45, 7) is 2.60. The highest BCUT2D eigenvalue weighted by molar-refractivity contribution is 5.70. The number of carboxylic acid groups (broad SMARTS) is 2. The van der Waals surface area contributed by atoms with E-state index in [1.807, 2.05) is 0 Å². The van der Waals surface area contributed by atoms with E-state index in [1.165, 1.54) is 6.92 Å². The van der Waals surface area contributed by atoms with Gasteiger partial charge in [-0.1, -0.05) is 5.18 Å². The molecule has 0 spiro atoms. The van der Waals surface area contributed by atoms with E-state index in [4.69, 9.17) is 10.2 Å². The molecule has 0 fully saturated rings. The molecule has 0 aliphatic heterocycles. The fourth-order valence-corrected chi connectivity index (χ4v) is 1.44. The number of hydrogen-bond donors (Lipinski definition) is 3. The SMILES string of the molecule is CC(N)=O.CN(CCN(CCCN=O)CC(=O)O)CC(=O)O. The van der Waals surface area contributed by atoms with Crippen LogP contribution in [-0.4, -0.2) is 84.2 Å². The standard InChI is InChI=1S/C10H19N3O5.C2H5NO/c1-12(7-9(14)15)5-6-13(8-10(16)17)4-2-3-11-18;1-2(3)4/h2-8H2,1H3,(H,14,15)(H,16,17);1H3,(H2,3,4). The van der Waals surface area contributed by atoms with Gasteiger partial charge in [0.1, 0.15) is 0 Å². The molecule has 1 amide bonds. The summed E-state index contributed by atoms with van der Waals surface area (Å²) in [4.78, 5) is 43.5. The molecule has 0 aromatic rings. The van der Waals surface area contributed by atoms with Crippen LogP contribution in [0.15, 0.2) is 5.18 Å². The molecule has 0 unspecified atom stereocenters. The summed E-state index contributed by atoms with van der Waals surface area (Å²) in [5, 5.41) is 20.0. The second kappa shape index (κ2) is 13.9. The average Bonchev–Trinajstić information content (AvgIpc) is 2.34. The minimum atomic E-state index is -0.949. The first-order valence-electron chi connectivity index (χ1n) is 6.58. The number of carboxylic acids is 2. The number of hydrogen-bond acceptors (Lipinski definition) is 7. The van der Waals surface area contributed by atoms with Crippen molar-refractivity contribution in [3.8, 4) is 0 Å². The third-order valence-corrected chi connectivity index (χ3v) is 2.29. The van der Waals surface area contributed by atoms with Gasteiger partial charge < -0.3 is 15.9 Å². The summed E-state index contributed by atoms with van der Waals surface area (Å²) in [6.07, 6.45) is 0.499. The quantitative estimate of drug-likeness (QED) is 0.325. The number of likely N-dealkylation sites (N-methyl/N-ethyl adjacent to an activating group) is 1. The van der Waals surface area contributed by atoms with Crippen LogP contribution in [0.25, 0.3) is 0 Å². The lowest BCUT2D eigenvalue weighted by Gasteiger charge is -2.22. The van der Waals surface area contributed by atoms with Crippen LogP contribution in [0.5, 0.6) is 0 Å². The maximum absolute atomic E-state index is 10.6. The van der Waals surface area contributed by atoms with Crippen molar-refractivity contribution in [1.82, 2.24) is 9.80 Å². The van der Waals surface area contributed by atoms with Crippen LogP contribution in [0.3, 0.4) is 0 Å². The second-order valence-electron chi connectivity index (χ2n) is 4.62. The smallest absolute Gasteiger partial charge is 0.317 e. The first kappa shape index (κ1) is 22.2. The van der Waals surface area contributed by atoms with Crippen molar-refractivity contribution in [3.63, 3.8) is 0 Å². The molecule has 0 saturated carbocycles. The molecule has 10 nitrogen and oxygen atoms in total. The van der Waals surface area contributed by atoms with Gasteiger partial charge >= 0.3 is 11.9 Å². The predicted octanol–water partition coefficient (Wildman–Crippen LogP) is -0.962. The maximum atomic E-state index is 10.6. The van der Waals surface area contributed by atoms with Gasteiger partial charge in [0, 0.05) is 26.6 Å². The summed E-state index contributed by atoms with van der Waals surface area (Å²) in [5.41, 5.74) is 4.47. The first-order chi connectivity index (χ1) is 10.2. The summed E-state index contributed by atoms with van der Waals surface area (Å²) in [7, 11) is 1.65. The van der Waals surface area contributed by atoms with Crippen LogP contribution < -0.4 is 5.73 Å². The Kier molecular flexibility index (Phi) is 14.0. The fourth-order valence-electron chi connectivity index (χ4n) is 1.44. The van der Waals surface area contributed by atoms with E-state index in [0.717, 1.165) is 0 Å². The Hall–Kier alpha value is -2.07. The molecule has 128 valence electrons. The van der Waals surface area contributed by atoms with Crippen molar-refractivity contribution in [1.29, 1.82) is 0 Å².